The molecule has 0 bridgehead atoms. The van der Waals surface area contributed by atoms with E-state index in [4.69, 9.17) is 19.5 Å². The Morgan fingerprint density at radius 3 is 2.46 bits per heavy atom. The third-order valence-electron chi connectivity index (χ3n) is 3.38. The predicted octanol–water partition coefficient (Wildman–Crippen LogP) is 1.70. The molecule has 0 heterocycles. The van der Waals surface area contributed by atoms with Crippen molar-refractivity contribution in [3.8, 4) is 0 Å². The van der Waals surface area contributed by atoms with E-state index in [9.17, 15) is 9.59 Å². The maximum absolute atomic E-state index is 12.2. The van der Waals surface area contributed by atoms with Gasteiger partial charge in [-0.2, -0.15) is 0 Å². The van der Waals surface area contributed by atoms with Crippen LogP contribution in [0.2, 0.25) is 6.32 Å². The summed E-state index contributed by atoms with van der Waals surface area (Å²) >= 11 is 0. The van der Waals surface area contributed by atoms with Crippen LogP contribution in [0.3, 0.4) is 0 Å². The predicted molar refractivity (Wildman–Crippen MR) is 98.6 cm³/mol. The van der Waals surface area contributed by atoms with Crippen molar-refractivity contribution in [3.63, 3.8) is 0 Å². The number of esters is 1. The van der Waals surface area contributed by atoms with E-state index >= 15 is 0 Å². The van der Waals surface area contributed by atoms with Crippen LogP contribution in [-0.4, -0.2) is 47.5 Å². The van der Waals surface area contributed by atoms with Gasteiger partial charge in [0.15, 0.2) is 0 Å². The molecule has 1 amide bonds. The molecule has 0 aliphatic carbocycles. The lowest BCUT2D eigenvalue weighted by Crippen LogP contribution is -2.45. The van der Waals surface area contributed by atoms with E-state index in [-0.39, 0.29) is 19.3 Å². The van der Waals surface area contributed by atoms with Crippen molar-refractivity contribution < 1.29 is 29.1 Å². The lowest BCUT2D eigenvalue weighted by atomic mass is 9.82. The highest BCUT2D eigenvalue weighted by Crippen LogP contribution is 2.12. The van der Waals surface area contributed by atoms with E-state index in [0.717, 1.165) is 11.1 Å². The Morgan fingerprint density at radius 2 is 1.88 bits per heavy atom. The highest BCUT2D eigenvalue weighted by atomic mass is 16.6. The van der Waals surface area contributed by atoms with Gasteiger partial charge in [-0.15, -0.1) is 0 Å². The van der Waals surface area contributed by atoms with Gasteiger partial charge >= 0.3 is 19.2 Å². The summed E-state index contributed by atoms with van der Waals surface area (Å²) in [5, 5.41) is 20.5. The fraction of sp³-hybridized carbons (Fsp3) is 0.556. The van der Waals surface area contributed by atoms with Crippen molar-refractivity contribution >= 4 is 19.2 Å². The SMILES string of the molecule is CCOC(=O)[C@H](Cc1cccc(CCB(O)O)c1)NC(=O)OC(C)(C)C. The zero-order valence-corrected chi connectivity index (χ0v) is 15.8. The van der Waals surface area contributed by atoms with Crippen molar-refractivity contribution in [3.05, 3.63) is 35.4 Å². The van der Waals surface area contributed by atoms with Crippen LogP contribution in [-0.2, 0) is 27.1 Å². The molecule has 7 nitrogen and oxygen atoms in total. The van der Waals surface area contributed by atoms with Crippen LogP contribution in [0.1, 0.15) is 38.8 Å². The molecular weight excluding hydrogens is 337 g/mol. The second kappa shape index (κ2) is 10.2. The number of hydrogen-bond acceptors (Lipinski definition) is 6. The van der Waals surface area contributed by atoms with Gasteiger partial charge < -0.3 is 24.8 Å². The first kappa shape index (κ1) is 22.0. The maximum atomic E-state index is 12.2. The molecule has 0 fully saturated rings. The first-order valence-electron chi connectivity index (χ1n) is 8.71. The van der Waals surface area contributed by atoms with Gasteiger partial charge in [0.2, 0.25) is 0 Å². The lowest BCUT2D eigenvalue weighted by Gasteiger charge is -2.23. The summed E-state index contributed by atoms with van der Waals surface area (Å²) in [6, 6.07) is 6.52. The molecule has 0 saturated heterocycles. The Balaban J connectivity index is 2.83. The molecule has 144 valence electrons. The molecule has 0 aromatic heterocycles. The summed E-state index contributed by atoms with van der Waals surface area (Å²) in [5.74, 6) is -0.533. The van der Waals surface area contributed by atoms with Crippen molar-refractivity contribution in [2.75, 3.05) is 6.61 Å². The number of ether oxygens (including phenoxy) is 2. The Labute approximate surface area is 154 Å². The number of aryl methyl sites for hydroxylation is 1. The Kier molecular flexibility index (Phi) is 8.61. The Hall–Kier alpha value is -2.06. The van der Waals surface area contributed by atoms with E-state index in [1.807, 2.05) is 24.3 Å². The quantitative estimate of drug-likeness (QED) is 0.478. The van der Waals surface area contributed by atoms with Crippen LogP contribution in [0, 0.1) is 0 Å². The first-order chi connectivity index (χ1) is 12.1. The number of rotatable bonds is 8. The van der Waals surface area contributed by atoms with Crippen LogP contribution >= 0.6 is 0 Å². The second-order valence-corrected chi connectivity index (χ2v) is 6.99. The number of benzene rings is 1. The third-order valence-corrected chi connectivity index (χ3v) is 3.38. The normalized spacial score (nSPS) is 12.2. The second-order valence-electron chi connectivity index (χ2n) is 6.99. The van der Waals surface area contributed by atoms with Gasteiger partial charge in [0.1, 0.15) is 11.6 Å². The van der Waals surface area contributed by atoms with Gasteiger partial charge in [0.25, 0.3) is 0 Å². The van der Waals surface area contributed by atoms with Gasteiger partial charge in [-0.25, -0.2) is 9.59 Å². The van der Waals surface area contributed by atoms with Crippen molar-refractivity contribution in [2.24, 2.45) is 0 Å². The van der Waals surface area contributed by atoms with Crippen LogP contribution in [0.25, 0.3) is 0 Å². The summed E-state index contributed by atoms with van der Waals surface area (Å²) < 4.78 is 10.3. The van der Waals surface area contributed by atoms with E-state index in [0.29, 0.717) is 6.42 Å². The molecule has 1 aromatic carbocycles. The molecule has 1 rings (SSSR count). The van der Waals surface area contributed by atoms with E-state index < -0.39 is 30.8 Å². The number of carbonyl (C=O) groups excluding carboxylic acids is 2. The van der Waals surface area contributed by atoms with Crippen molar-refractivity contribution in [1.82, 2.24) is 5.32 Å². The third kappa shape index (κ3) is 8.87. The first-order valence-corrected chi connectivity index (χ1v) is 8.71. The molecule has 3 N–H and O–H groups in total. The fourth-order valence-electron chi connectivity index (χ4n) is 2.33. The molecule has 0 spiro atoms. The summed E-state index contributed by atoms with van der Waals surface area (Å²) in [7, 11) is -1.36. The van der Waals surface area contributed by atoms with Crippen LogP contribution < -0.4 is 5.32 Å². The molecule has 0 aliphatic rings. The molecule has 0 saturated carbocycles. The highest BCUT2D eigenvalue weighted by molar-refractivity contribution is 6.40. The molecule has 26 heavy (non-hydrogen) atoms. The average Bonchev–Trinajstić information content (AvgIpc) is 2.51. The molecule has 0 aliphatic heterocycles. The molecule has 8 heteroatoms. The zero-order valence-electron chi connectivity index (χ0n) is 15.8. The van der Waals surface area contributed by atoms with Gasteiger partial charge in [0, 0.05) is 6.42 Å². The lowest BCUT2D eigenvalue weighted by molar-refractivity contribution is -0.145. The Morgan fingerprint density at radius 1 is 1.23 bits per heavy atom. The number of alkyl carbamates (subject to hydrolysis) is 1. The minimum Gasteiger partial charge on any atom is -0.464 e. The van der Waals surface area contributed by atoms with Crippen molar-refractivity contribution in [2.45, 2.75) is 58.5 Å². The minimum absolute atomic E-state index is 0.208. The maximum Gasteiger partial charge on any atom is 0.451 e. The average molecular weight is 365 g/mol. The van der Waals surface area contributed by atoms with Gasteiger partial charge in [-0.05, 0) is 51.6 Å². The fourth-order valence-corrected chi connectivity index (χ4v) is 2.33. The topological polar surface area (TPSA) is 105 Å². The molecule has 1 aromatic rings. The molecular formula is C18H28BNO6. The summed E-state index contributed by atoms with van der Waals surface area (Å²) in [6.45, 7) is 7.13. The van der Waals surface area contributed by atoms with Crippen LogP contribution in [0.4, 0.5) is 4.79 Å². The molecule has 0 radical (unpaired) electrons. The van der Waals surface area contributed by atoms with Crippen molar-refractivity contribution in [1.29, 1.82) is 0 Å². The highest BCUT2D eigenvalue weighted by Gasteiger charge is 2.25. The zero-order chi connectivity index (χ0) is 19.7. The van der Waals surface area contributed by atoms with Gasteiger partial charge in [-0.3, -0.25) is 0 Å². The number of amides is 1. The minimum atomic E-state index is -1.36. The smallest absolute Gasteiger partial charge is 0.451 e. The summed E-state index contributed by atoms with van der Waals surface area (Å²) in [4.78, 5) is 24.2. The van der Waals surface area contributed by atoms with Crippen LogP contribution in [0.15, 0.2) is 24.3 Å². The summed E-state index contributed by atoms with van der Waals surface area (Å²) in [6.07, 6.45) is 0.277. The Bertz CT molecular complexity index is 600. The summed E-state index contributed by atoms with van der Waals surface area (Å²) in [5.41, 5.74) is 1.06. The van der Waals surface area contributed by atoms with E-state index in [2.05, 4.69) is 5.32 Å². The number of nitrogens with one attached hydrogen (secondary N) is 1. The van der Waals surface area contributed by atoms with E-state index in [1.54, 1.807) is 27.7 Å². The standard InChI is InChI=1S/C18H28BNO6/c1-5-25-16(21)15(20-17(22)26-18(2,3)4)12-14-8-6-7-13(11-14)9-10-19(23)24/h6-8,11,15,23-24H,5,9-10,12H2,1-4H3,(H,20,22)/t15-/m0/s1. The monoisotopic (exact) mass is 365 g/mol. The number of hydrogen-bond donors (Lipinski definition) is 3. The van der Waals surface area contributed by atoms with Gasteiger partial charge in [-0.1, -0.05) is 24.3 Å². The molecule has 0 unspecified atom stereocenters. The van der Waals surface area contributed by atoms with Crippen LogP contribution in [0.5, 0.6) is 0 Å². The van der Waals surface area contributed by atoms with E-state index in [1.165, 1.54) is 0 Å². The van der Waals surface area contributed by atoms with Gasteiger partial charge in [0.05, 0.1) is 6.61 Å². The largest absolute Gasteiger partial charge is 0.464 e. The molecule has 1 atom stereocenters. The number of carbonyl (C=O) groups is 2.